The Kier molecular flexibility index (Phi) is 2.77. The van der Waals surface area contributed by atoms with E-state index in [1.807, 2.05) is 18.2 Å². The number of para-hydroxylation sites is 1. The standard InChI is InChI=1S/C16H15NO/c1-18-14-6-4-5-12(10-14)9-13-11-17-16-8-3-2-7-15(13)16/h2-8,10-11,17H,9H2,1H3. The molecule has 0 aliphatic carbocycles. The molecule has 90 valence electrons. The number of nitrogens with one attached hydrogen (secondary N) is 1. The highest BCUT2D eigenvalue weighted by atomic mass is 16.5. The van der Waals surface area contributed by atoms with Crippen LogP contribution in [0, 0.1) is 0 Å². The van der Waals surface area contributed by atoms with Crippen LogP contribution in [0.1, 0.15) is 11.1 Å². The van der Waals surface area contributed by atoms with Gasteiger partial charge in [-0.2, -0.15) is 0 Å². The van der Waals surface area contributed by atoms with Gasteiger partial charge < -0.3 is 9.72 Å². The summed E-state index contributed by atoms with van der Waals surface area (Å²) >= 11 is 0. The second-order valence-corrected chi connectivity index (χ2v) is 4.39. The molecule has 0 amide bonds. The van der Waals surface area contributed by atoms with Crippen molar-refractivity contribution in [3.8, 4) is 5.75 Å². The van der Waals surface area contributed by atoms with E-state index in [4.69, 9.17) is 4.74 Å². The molecular weight excluding hydrogens is 222 g/mol. The summed E-state index contributed by atoms with van der Waals surface area (Å²) in [5.41, 5.74) is 3.77. The average molecular weight is 237 g/mol. The van der Waals surface area contributed by atoms with Gasteiger partial charge in [-0.3, -0.25) is 0 Å². The predicted molar refractivity (Wildman–Crippen MR) is 74.1 cm³/mol. The monoisotopic (exact) mass is 237 g/mol. The smallest absolute Gasteiger partial charge is 0.119 e. The summed E-state index contributed by atoms with van der Waals surface area (Å²) in [6.07, 6.45) is 3.01. The quantitative estimate of drug-likeness (QED) is 0.737. The van der Waals surface area contributed by atoms with Gasteiger partial charge in [-0.1, -0.05) is 30.3 Å². The average Bonchev–Trinajstić information content (AvgIpc) is 2.83. The third-order valence-electron chi connectivity index (χ3n) is 3.20. The number of aromatic amines is 1. The molecular formula is C16H15NO. The van der Waals surface area contributed by atoms with E-state index in [0.29, 0.717) is 0 Å². The van der Waals surface area contributed by atoms with Crippen LogP contribution in [-0.2, 0) is 6.42 Å². The fraction of sp³-hybridized carbons (Fsp3) is 0.125. The molecule has 0 spiro atoms. The van der Waals surface area contributed by atoms with Crippen molar-refractivity contribution in [2.45, 2.75) is 6.42 Å². The fourth-order valence-corrected chi connectivity index (χ4v) is 2.28. The van der Waals surface area contributed by atoms with Crippen molar-refractivity contribution in [1.82, 2.24) is 4.98 Å². The van der Waals surface area contributed by atoms with Crippen LogP contribution in [0.25, 0.3) is 10.9 Å². The lowest BCUT2D eigenvalue weighted by molar-refractivity contribution is 0.414. The number of H-pyrrole nitrogens is 1. The third kappa shape index (κ3) is 1.97. The first-order valence-electron chi connectivity index (χ1n) is 6.05. The minimum atomic E-state index is 0.910. The number of methoxy groups -OCH3 is 1. The van der Waals surface area contributed by atoms with Crippen molar-refractivity contribution in [2.24, 2.45) is 0 Å². The Bertz CT molecular complexity index is 669. The molecule has 0 fully saturated rings. The van der Waals surface area contributed by atoms with Crippen LogP contribution in [0.2, 0.25) is 0 Å². The minimum absolute atomic E-state index is 0.910. The van der Waals surface area contributed by atoms with Crippen LogP contribution in [0.15, 0.2) is 54.7 Å². The van der Waals surface area contributed by atoms with E-state index in [0.717, 1.165) is 12.2 Å². The highest BCUT2D eigenvalue weighted by Gasteiger charge is 2.04. The number of aromatic nitrogens is 1. The summed E-state index contributed by atoms with van der Waals surface area (Å²) < 4.78 is 5.25. The predicted octanol–water partition coefficient (Wildman–Crippen LogP) is 3.77. The summed E-state index contributed by atoms with van der Waals surface area (Å²) in [7, 11) is 1.70. The highest BCUT2D eigenvalue weighted by molar-refractivity contribution is 5.83. The maximum atomic E-state index is 5.25. The zero-order valence-electron chi connectivity index (χ0n) is 10.3. The Morgan fingerprint density at radius 3 is 2.83 bits per heavy atom. The van der Waals surface area contributed by atoms with Gasteiger partial charge in [0.1, 0.15) is 5.75 Å². The number of hydrogen-bond donors (Lipinski definition) is 1. The lowest BCUT2D eigenvalue weighted by atomic mass is 10.0. The Morgan fingerprint density at radius 2 is 1.94 bits per heavy atom. The van der Waals surface area contributed by atoms with Gasteiger partial charge in [0.2, 0.25) is 0 Å². The van der Waals surface area contributed by atoms with Crippen LogP contribution in [0.4, 0.5) is 0 Å². The molecule has 0 bridgehead atoms. The summed E-state index contributed by atoms with van der Waals surface area (Å²) in [5, 5.41) is 1.29. The molecule has 0 saturated heterocycles. The SMILES string of the molecule is COc1cccc(Cc2c[nH]c3ccccc23)c1. The topological polar surface area (TPSA) is 25.0 Å². The van der Waals surface area contributed by atoms with Crippen molar-refractivity contribution in [1.29, 1.82) is 0 Å². The van der Waals surface area contributed by atoms with E-state index in [9.17, 15) is 0 Å². The highest BCUT2D eigenvalue weighted by Crippen LogP contribution is 2.22. The van der Waals surface area contributed by atoms with E-state index in [-0.39, 0.29) is 0 Å². The normalized spacial score (nSPS) is 10.7. The first-order valence-corrected chi connectivity index (χ1v) is 6.05. The number of fused-ring (bicyclic) bond motifs is 1. The molecule has 2 aromatic carbocycles. The van der Waals surface area contributed by atoms with Crippen molar-refractivity contribution < 1.29 is 4.74 Å². The van der Waals surface area contributed by atoms with Crippen molar-refractivity contribution in [2.75, 3.05) is 7.11 Å². The summed E-state index contributed by atoms with van der Waals surface area (Å²) in [6, 6.07) is 16.6. The van der Waals surface area contributed by atoms with Gasteiger partial charge in [0.05, 0.1) is 7.11 Å². The van der Waals surface area contributed by atoms with E-state index in [1.54, 1.807) is 7.11 Å². The molecule has 0 saturated carbocycles. The number of hydrogen-bond acceptors (Lipinski definition) is 1. The van der Waals surface area contributed by atoms with Gasteiger partial charge in [0.25, 0.3) is 0 Å². The number of benzene rings is 2. The van der Waals surface area contributed by atoms with Crippen LogP contribution >= 0.6 is 0 Å². The lowest BCUT2D eigenvalue weighted by Crippen LogP contribution is -1.88. The molecule has 1 heterocycles. The van der Waals surface area contributed by atoms with Gasteiger partial charge in [-0.25, -0.2) is 0 Å². The van der Waals surface area contributed by atoms with Crippen LogP contribution in [-0.4, -0.2) is 12.1 Å². The summed E-state index contributed by atoms with van der Waals surface area (Å²) in [4.78, 5) is 3.31. The molecule has 0 unspecified atom stereocenters. The molecule has 2 heteroatoms. The molecule has 3 rings (SSSR count). The van der Waals surface area contributed by atoms with E-state index < -0.39 is 0 Å². The van der Waals surface area contributed by atoms with Crippen LogP contribution in [0.3, 0.4) is 0 Å². The van der Waals surface area contributed by atoms with E-state index >= 15 is 0 Å². The Labute approximate surface area is 106 Å². The van der Waals surface area contributed by atoms with Gasteiger partial charge in [0, 0.05) is 17.1 Å². The van der Waals surface area contributed by atoms with Gasteiger partial charge in [0.15, 0.2) is 0 Å². The molecule has 18 heavy (non-hydrogen) atoms. The zero-order valence-corrected chi connectivity index (χ0v) is 10.3. The van der Waals surface area contributed by atoms with Crippen LogP contribution < -0.4 is 4.74 Å². The molecule has 1 aromatic heterocycles. The van der Waals surface area contributed by atoms with Crippen molar-refractivity contribution in [3.05, 3.63) is 65.9 Å². The third-order valence-corrected chi connectivity index (χ3v) is 3.20. The molecule has 1 N–H and O–H groups in total. The Morgan fingerprint density at radius 1 is 1.06 bits per heavy atom. The molecule has 0 aliphatic rings. The van der Waals surface area contributed by atoms with E-state index in [2.05, 4.69) is 41.5 Å². The largest absolute Gasteiger partial charge is 0.497 e. The van der Waals surface area contributed by atoms with Gasteiger partial charge in [-0.15, -0.1) is 0 Å². The number of rotatable bonds is 3. The van der Waals surface area contributed by atoms with Crippen molar-refractivity contribution in [3.63, 3.8) is 0 Å². The molecule has 0 radical (unpaired) electrons. The molecule has 2 nitrogen and oxygen atoms in total. The maximum Gasteiger partial charge on any atom is 0.119 e. The first-order chi connectivity index (χ1) is 8.86. The maximum absolute atomic E-state index is 5.25. The van der Waals surface area contributed by atoms with Gasteiger partial charge in [-0.05, 0) is 35.7 Å². The second kappa shape index (κ2) is 4.57. The number of ether oxygens (including phenoxy) is 1. The van der Waals surface area contributed by atoms with Gasteiger partial charge >= 0.3 is 0 Å². The molecule has 3 aromatic rings. The second-order valence-electron chi connectivity index (χ2n) is 4.39. The summed E-state index contributed by atoms with van der Waals surface area (Å²) in [6.45, 7) is 0. The zero-order chi connectivity index (χ0) is 12.4. The molecule has 0 aliphatic heterocycles. The minimum Gasteiger partial charge on any atom is -0.497 e. The first kappa shape index (κ1) is 10.9. The lowest BCUT2D eigenvalue weighted by Gasteiger charge is -2.03. The van der Waals surface area contributed by atoms with E-state index in [1.165, 1.54) is 22.0 Å². The molecule has 0 atom stereocenters. The Balaban J connectivity index is 1.96. The van der Waals surface area contributed by atoms with Crippen LogP contribution in [0.5, 0.6) is 5.75 Å². The summed E-state index contributed by atoms with van der Waals surface area (Å²) in [5.74, 6) is 0.910. The Hall–Kier alpha value is -2.22. The van der Waals surface area contributed by atoms with Crippen molar-refractivity contribution >= 4 is 10.9 Å². The fourth-order valence-electron chi connectivity index (χ4n) is 2.28.